The largest absolute Gasteiger partial charge is 0.478 e. The van der Waals surface area contributed by atoms with Crippen LogP contribution in [-0.4, -0.2) is 92.9 Å². The fourth-order valence-electron chi connectivity index (χ4n) is 0.760. The molecule has 25 heavy (non-hydrogen) atoms. The number of carbonyl (C=O) groups is 3. The average Bonchev–Trinajstić information content (AvgIpc) is 2.57. The van der Waals surface area contributed by atoms with Gasteiger partial charge < -0.3 is 30.6 Å². The van der Waals surface area contributed by atoms with E-state index in [0.717, 1.165) is 18.2 Å². The summed E-state index contributed by atoms with van der Waals surface area (Å²) in [6.07, 6.45) is 2.50. The Bertz CT molecular complexity index is 326. The fraction of sp³-hybridized carbons (Fsp3) is 0.400. The molecule has 0 aliphatic carbocycles. The normalized spacial score (nSPS) is 8.16. The number of aliphatic hydroxyl groups excluding tert-OH is 3. The summed E-state index contributed by atoms with van der Waals surface area (Å²) in [7, 11) is 0. The van der Waals surface area contributed by atoms with Gasteiger partial charge in [0.25, 0.3) is 0 Å². The maximum atomic E-state index is 9.25. The van der Waals surface area contributed by atoms with Crippen LogP contribution in [0.3, 0.4) is 0 Å². The zero-order valence-corrected chi connectivity index (χ0v) is 14.0. The summed E-state index contributed by atoms with van der Waals surface area (Å²) in [5.41, 5.74) is 0. The number of rotatable bonds is 9. The Labute approximate surface area is 146 Å². The highest BCUT2D eigenvalue weighted by Crippen LogP contribution is 1.84. The van der Waals surface area contributed by atoms with Gasteiger partial charge in [-0.05, 0) is 0 Å². The van der Waals surface area contributed by atoms with Crippen molar-refractivity contribution in [3.63, 3.8) is 0 Å². The standard InChI is InChI=1S/C6H15NO3.3C3H4O2/c8-4-1-7(2-5-9)3-6-10;3*1-2-3(4)5/h8-10H,1-6H2;3*2H,1H2,(H,4,5). The monoisotopic (exact) mass is 365 g/mol. The van der Waals surface area contributed by atoms with Crippen molar-refractivity contribution in [2.75, 3.05) is 39.5 Å². The summed E-state index contributed by atoms with van der Waals surface area (Å²) in [6, 6.07) is 0. The molecule has 0 aliphatic heterocycles. The van der Waals surface area contributed by atoms with Gasteiger partial charge in [-0.15, -0.1) is 0 Å². The van der Waals surface area contributed by atoms with E-state index >= 15 is 0 Å². The Morgan fingerprint density at radius 2 is 0.800 bits per heavy atom. The minimum absolute atomic E-state index is 0.0694. The first-order valence-electron chi connectivity index (χ1n) is 6.77. The van der Waals surface area contributed by atoms with E-state index in [1.165, 1.54) is 0 Å². The highest BCUT2D eigenvalue weighted by molar-refractivity contribution is 5.79. The zero-order chi connectivity index (χ0) is 20.7. The molecule has 0 amide bonds. The summed E-state index contributed by atoms with van der Waals surface area (Å²) in [6.45, 7) is 10.6. The predicted molar refractivity (Wildman–Crippen MR) is 91.2 cm³/mol. The first-order chi connectivity index (χ1) is 11.7. The third-order valence-corrected chi connectivity index (χ3v) is 1.77. The topological polar surface area (TPSA) is 176 Å². The smallest absolute Gasteiger partial charge is 0.327 e. The zero-order valence-electron chi connectivity index (χ0n) is 14.0. The molecule has 10 heteroatoms. The van der Waals surface area contributed by atoms with E-state index in [4.69, 9.17) is 30.6 Å². The second kappa shape index (κ2) is 26.4. The highest BCUT2D eigenvalue weighted by atomic mass is 16.4. The van der Waals surface area contributed by atoms with Crippen LogP contribution < -0.4 is 0 Å². The predicted octanol–water partition coefficient (Wildman–Crippen LogP) is -0.964. The quantitative estimate of drug-likeness (QED) is 0.279. The molecule has 0 fully saturated rings. The number of aliphatic hydroxyl groups is 3. The molecule has 0 aromatic heterocycles. The van der Waals surface area contributed by atoms with Gasteiger partial charge in [-0.3, -0.25) is 4.90 Å². The van der Waals surface area contributed by atoms with Crippen LogP contribution in [0.2, 0.25) is 0 Å². The van der Waals surface area contributed by atoms with Crippen molar-refractivity contribution in [3.05, 3.63) is 38.0 Å². The molecular formula is C15H27NO9. The molecule has 0 radical (unpaired) electrons. The van der Waals surface area contributed by atoms with E-state index in [0.29, 0.717) is 19.6 Å². The van der Waals surface area contributed by atoms with Crippen LogP contribution in [0.1, 0.15) is 0 Å². The maximum absolute atomic E-state index is 9.25. The molecule has 146 valence electrons. The van der Waals surface area contributed by atoms with E-state index in [2.05, 4.69) is 19.7 Å². The molecule has 0 aromatic carbocycles. The van der Waals surface area contributed by atoms with Gasteiger partial charge >= 0.3 is 17.9 Å². The SMILES string of the molecule is C=CC(=O)O.C=CC(=O)O.C=CC(=O)O.OCCN(CCO)CCO. The lowest BCUT2D eigenvalue weighted by Gasteiger charge is -2.17. The molecule has 0 spiro atoms. The van der Waals surface area contributed by atoms with E-state index in [1.807, 2.05) is 0 Å². The molecule has 0 heterocycles. The van der Waals surface area contributed by atoms with Gasteiger partial charge in [-0.2, -0.15) is 0 Å². The highest BCUT2D eigenvalue weighted by Gasteiger charge is 2.00. The molecule has 0 bridgehead atoms. The molecule has 0 aliphatic rings. The summed E-state index contributed by atoms with van der Waals surface area (Å²) >= 11 is 0. The van der Waals surface area contributed by atoms with Crippen LogP contribution in [0.4, 0.5) is 0 Å². The average molecular weight is 365 g/mol. The third-order valence-electron chi connectivity index (χ3n) is 1.77. The van der Waals surface area contributed by atoms with Gasteiger partial charge in [0, 0.05) is 37.9 Å². The number of hydrogen-bond acceptors (Lipinski definition) is 7. The Morgan fingerprint density at radius 3 is 0.880 bits per heavy atom. The van der Waals surface area contributed by atoms with Gasteiger partial charge in [0.1, 0.15) is 0 Å². The van der Waals surface area contributed by atoms with Crippen molar-refractivity contribution in [1.29, 1.82) is 0 Å². The maximum Gasteiger partial charge on any atom is 0.327 e. The Kier molecular flexibility index (Phi) is 32.0. The van der Waals surface area contributed by atoms with Crippen molar-refractivity contribution in [2.45, 2.75) is 0 Å². The van der Waals surface area contributed by atoms with Crippen molar-refractivity contribution >= 4 is 17.9 Å². The van der Waals surface area contributed by atoms with Crippen LogP contribution in [0.5, 0.6) is 0 Å². The molecule has 6 N–H and O–H groups in total. The molecule has 0 saturated heterocycles. The first-order valence-corrected chi connectivity index (χ1v) is 6.77. The second-order valence-electron chi connectivity index (χ2n) is 3.64. The van der Waals surface area contributed by atoms with Crippen molar-refractivity contribution < 1.29 is 45.0 Å². The van der Waals surface area contributed by atoms with E-state index in [1.54, 1.807) is 4.90 Å². The molecule has 0 saturated carbocycles. The number of nitrogens with zero attached hydrogens (tertiary/aromatic N) is 1. The first kappa shape index (κ1) is 30.4. The lowest BCUT2D eigenvalue weighted by atomic mass is 10.4. The molecule has 0 rings (SSSR count). The molecule has 10 nitrogen and oxygen atoms in total. The van der Waals surface area contributed by atoms with Crippen LogP contribution in [0.15, 0.2) is 38.0 Å². The Balaban J connectivity index is -0.000000126. The van der Waals surface area contributed by atoms with Crippen LogP contribution >= 0.6 is 0 Å². The van der Waals surface area contributed by atoms with Gasteiger partial charge in [0.05, 0.1) is 19.8 Å². The van der Waals surface area contributed by atoms with Gasteiger partial charge in [-0.25, -0.2) is 14.4 Å². The number of aliphatic carboxylic acids is 3. The van der Waals surface area contributed by atoms with Crippen LogP contribution in [-0.2, 0) is 14.4 Å². The summed E-state index contributed by atoms with van der Waals surface area (Å²) < 4.78 is 0. The molecule has 0 atom stereocenters. The van der Waals surface area contributed by atoms with Crippen LogP contribution in [0, 0.1) is 0 Å². The van der Waals surface area contributed by atoms with Gasteiger partial charge in [0.15, 0.2) is 0 Å². The second-order valence-corrected chi connectivity index (χ2v) is 3.64. The Hall–Kier alpha value is -2.53. The fourth-order valence-corrected chi connectivity index (χ4v) is 0.760. The van der Waals surface area contributed by atoms with Crippen molar-refractivity contribution in [1.82, 2.24) is 4.90 Å². The molecular weight excluding hydrogens is 338 g/mol. The number of carboxylic acids is 3. The van der Waals surface area contributed by atoms with Crippen molar-refractivity contribution in [3.8, 4) is 0 Å². The summed E-state index contributed by atoms with van der Waals surface area (Å²) in [4.78, 5) is 29.5. The van der Waals surface area contributed by atoms with Gasteiger partial charge in [-0.1, -0.05) is 19.7 Å². The molecule has 0 aromatic rings. The lowest BCUT2D eigenvalue weighted by Crippen LogP contribution is -2.32. The van der Waals surface area contributed by atoms with E-state index < -0.39 is 17.9 Å². The molecule has 0 unspecified atom stereocenters. The summed E-state index contributed by atoms with van der Waals surface area (Å²) in [5, 5.41) is 48.3. The lowest BCUT2D eigenvalue weighted by molar-refractivity contribution is -0.132. The Morgan fingerprint density at radius 1 is 0.640 bits per heavy atom. The van der Waals surface area contributed by atoms with E-state index in [9.17, 15) is 14.4 Å². The third kappa shape index (κ3) is 52.3. The number of hydrogen-bond donors (Lipinski definition) is 6. The van der Waals surface area contributed by atoms with Gasteiger partial charge in [0.2, 0.25) is 0 Å². The minimum Gasteiger partial charge on any atom is -0.478 e. The van der Waals surface area contributed by atoms with E-state index in [-0.39, 0.29) is 19.8 Å². The van der Waals surface area contributed by atoms with Crippen molar-refractivity contribution in [2.24, 2.45) is 0 Å². The number of carboxylic acid groups (broad SMARTS) is 3. The summed E-state index contributed by atoms with van der Waals surface area (Å²) in [5.74, 6) is -2.94. The van der Waals surface area contributed by atoms with Crippen LogP contribution in [0.25, 0.3) is 0 Å². The minimum atomic E-state index is -0.981.